The molecule has 0 saturated carbocycles. The molecular weight excluding hydrogens is 244 g/mol. The summed E-state index contributed by atoms with van der Waals surface area (Å²) in [5.41, 5.74) is 0.793. The maximum Gasteiger partial charge on any atom is 0.317 e. The molecule has 1 rings (SSSR count). The normalized spacial score (nSPS) is 11.6. The zero-order valence-electron chi connectivity index (χ0n) is 11.4. The minimum Gasteiger partial charge on any atom is -0.540 e. The van der Waals surface area contributed by atoms with Crippen LogP contribution in [0.3, 0.4) is 0 Å². The van der Waals surface area contributed by atoms with Crippen LogP contribution in [0.2, 0.25) is 5.04 Å². The van der Waals surface area contributed by atoms with Gasteiger partial charge >= 0.3 is 15.7 Å². The summed E-state index contributed by atoms with van der Waals surface area (Å²) < 4.78 is 5.77. The Labute approximate surface area is 111 Å². The largest absolute Gasteiger partial charge is 0.540 e. The molecule has 98 valence electrons. The standard InChI is InChI=1S/C14H20O3Si/c1-10(2)14(3,4)18-17-12-7-5-11(6-8-12)9-13(15)16/h5-8,10H,9H2,1-4H3,(H,15,16). The van der Waals surface area contributed by atoms with Gasteiger partial charge in [-0.3, -0.25) is 4.79 Å². The second-order valence-electron chi connectivity index (χ2n) is 5.29. The smallest absolute Gasteiger partial charge is 0.317 e. The Balaban J connectivity index is 2.56. The second-order valence-corrected chi connectivity index (χ2v) is 6.99. The van der Waals surface area contributed by atoms with Crippen LogP contribution in [0.4, 0.5) is 0 Å². The van der Waals surface area contributed by atoms with Crippen molar-refractivity contribution in [3.05, 3.63) is 29.8 Å². The van der Waals surface area contributed by atoms with Gasteiger partial charge in [-0.1, -0.05) is 39.8 Å². The van der Waals surface area contributed by atoms with Gasteiger partial charge in [0.05, 0.1) is 6.42 Å². The van der Waals surface area contributed by atoms with E-state index in [1.54, 1.807) is 12.1 Å². The van der Waals surface area contributed by atoms with Crippen molar-refractivity contribution in [2.45, 2.75) is 39.2 Å². The molecule has 0 atom stereocenters. The first-order valence-corrected chi connectivity index (χ1v) is 6.97. The van der Waals surface area contributed by atoms with Crippen molar-refractivity contribution in [2.24, 2.45) is 5.92 Å². The van der Waals surface area contributed by atoms with E-state index in [1.165, 1.54) is 0 Å². The van der Waals surface area contributed by atoms with E-state index < -0.39 is 5.97 Å². The number of rotatable bonds is 6. The van der Waals surface area contributed by atoms with E-state index in [9.17, 15) is 4.79 Å². The van der Waals surface area contributed by atoms with Gasteiger partial charge in [-0.2, -0.15) is 0 Å². The molecule has 0 heterocycles. The maximum atomic E-state index is 10.6. The molecular formula is C14H20O3Si. The first-order chi connectivity index (χ1) is 8.31. The zero-order valence-corrected chi connectivity index (χ0v) is 12.4. The molecule has 0 aliphatic rings. The molecule has 0 amide bonds. The first-order valence-electron chi connectivity index (χ1n) is 6.06. The maximum absolute atomic E-state index is 10.6. The van der Waals surface area contributed by atoms with Crippen molar-refractivity contribution in [2.75, 3.05) is 0 Å². The van der Waals surface area contributed by atoms with Gasteiger partial charge in [0.2, 0.25) is 0 Å². The van der Waals surface area contributed by atoms with E-state index in [0.29, 0.717) is 15.7 Å². The van der Waals surface area contributed by atoms with Crippen molar-refractivity contribution < 1.29 is 14.3 Å². The van der Waals surface area contributed by atoms with Crippen molar-refractivity contribution in [1.82, 2.24) is 0 Å². The van der Waals surface area contributed by atoms with Crippen LogP contribution < -0.4 is 4.43 Å². The summed E-state index contributed by atoms with van der Waals surface area (Å²) in [4.78, 5) is 10.6. The van der Waals surface area contributed by atoms with Crippen LogP contribution in [0.1, 0.15) is 33.3 Å². The molecule has 0 aromatic heterocycles. The Morgan fingerprint density at radius 2 is 1.89 bits per heavy atom. The summed E-state index contributed by atoms with van der Waals surface area (Å²) >= 11 is 0. The van der Waals surface area contributed by atoms with Gasteiger partial charge in [0, 0.05) is 0 Å². The van der Waals surface area contributed by atoms with Gasteiger partial charge in [-0.25, -0.2) is 0 Å². The number of benzene rings is 1. The molecule has 3 nitrogen and oxygen atoms in total. The summed E-state index contributed by atoms with van der Waals surface area (Å²) in [5, 5.41) is 8.83. The summed E-state index contributed by atoms with van der Waals surface area (Å²) in [6.45, 7) is 8.75. The molecule has 1 N–H and O–H groups in total. The Hall–Kier alpha value is -1.29. The van der Waals surface area contributed by atoms with Gasteiger partial charge in [-0.05, 0) is 28.7 Å². The molecule has 4 heteroatoms. The lowest BCUT2D eigenvalue weighted by Gasteiger charge is -2.26. The van der Waals surface area contributed by atoms with Crippen LogP contribution in [0.5, 0.6) is 5.75 Å². The lowest BCUT2D eigenvalue weighted by Crippen LogP contribution is -2.24. The van der Waals surface area contributed by atoms with E-state index in [-0.39, 0.29) is 11.5 Å². The highest BCUT2D eigenvalue weighted by Crippen LogP contribution is 2.33. The summed E-state index contributed by atoms with van der Waals surface area (Å²) in [6.07, 6.45) is 0.0556. The zero-order chi connectivity index (χ0) is 13.8. The fourth-order valence-corrected chi connectivity index (χ4v) is 1.91. The number of carboxylic acid groups (broad SMARTS) is 1. The SMILES string of the molecule is CC(C)C(C)(C)[Si]Oc1ccc(CC(=O)O)cc1. The molecule has 2 radical (unpaired) electrons. The average Bonchev–Trinajstić information content (AvgIpc) is 2.27. The molecule has 0 aliphatic heterocycles. The minimum absolute atomic E-state index is 0.0556. The van der Waals surface area contributed by atoms with Gasteiger partial charge < -0.3 is 9.53 Å². The molecule has 1 aromatic rings. The Morgan fingerprint density at radius 3 is 2.33 bits per heavy atom. The summed E-state index contributed by atoms with van der Waals surface area (Å²) in [5.74, 6) is 0.546. The predicted molar refractivity (Wildman–Crippen MR) is 73.0 cm³/mol. The Kier molecular flexibility index (Phi) is 4.96. The topological polar surface area (TPSA) is 46.5 Å². The molecule has 0 saturated heterocycles. The Bertz CT molecular complexity index is 396. The fourth-order valence-electron chi connectivity index (χ4n) is 1.16. The minimum atomic E-state index is -0.813. The van der Waals surface area contributed by atoms with E-state index in [1.807, 2.05) is 12.1 Å². The average molecular weight is 264 g/mol. The van der Waals surface area contributed by atoms with Crippen molar-refractivity contribution >= 4 is 15.7 Å². The molecule has 0 aliphatic carbocycles. The number of hydrogen-bond donors (Lipinski definition) is 1. The Morgan fingerprint density at radius 1 is 1.33 bits per heavy atom. The van der Waals surface area contributed by atoms with Gasteiger partial charge in [-0.15, -0.1) is 0 Å². The van der Waals surface area contributed by atoms with Crippen molar-refractivity contribution in [1.29, 1.82) is 0 Å². The van der Waals surface area contributed by atoms with E-state index in [2.05, 4.69) is 27.7 Å². The highest BCUT2D eigenvalue weighted by atomic mass is 28.2. The molecule has 18 heavy (non-hydrogen) atoms. The third-order valence-electron chi connectivity index (χ3n) is 3.15. The van der Waals surface area contributed by atoms with Crippen molar-refractivity contribution in [3.63, 3.8) is 0 Å². The van der Waals surface area contributed by atoms with Gasteiger partial charge in [0.25, 0.3) is 0 Å². The first kappa shape index (κ1) is 14.8. The van der Waals surface area contributed by atoms with E-state index in [0.717, 1.165) is 11.3 Å². The van der Waals surface area contributed by atoms with Crippen LogP contribution in [0.15, 0.2) is 24.3 Å². The van der Waals surface area contributed by atoms with Crippen LogP contribution >= 0.6 is 0 Å². The van der Waals surface area contributed by atoms with Crippen molar-refractivity contribution in [3.8, 4) is 5.75 Å². The summed E-state index contributed by atoms with van der Waals surface area (Å²) in [7, 11) is 0.393. The number of carbonyl (C=O) groups is 1. The van der Waals surface area contributed by atoms with Gasteiger partial charge in [0.15, 0.2) is 0 Å². The quantitative estimate of drug-likeness (QED) is 0.803. The van der Waals surface area contributed by atoms with Crippen LogP contribution in [0.25, 0.3) is 0 Å². The van der Waals surface area contributed by atoms with E-state index >= 15 is 0 Å². The fraction of sp³-hybridized carbons (Fsp3) is 0.500. The van der Waals surface area contributed by atoms with Gasteiger partial charge in [0.1, 0.15) is 5.75 Å². The molecule has 0 bridgehead atoms. The number of aliphatic carboxylic acids is 1. The highest BCUT2D eigenvalue weighted by Gasteiger charge is 2.26. The van der Waals surface area contributed by atoms with E-state index in [4.69, 9.17) is 9.53 Å². The molecule has 1 aromatic carbocycles. The number of carboxylic acids is 1. The highest BCUT2D eigenvalue weighted by molar-refractivity contribution is 6.33. The van der Waals surface area contributed by atoms with Crippen LogP contribution in [0, 0.1) is 5.92 Å². The predicted octanol–water partition coefficient (Wildman–Crippen LogP) is 3.17. The summed E-state index contributed by atoms with van der Waals surface area (Å²) in [6, 6.07) is 7.27. The number of hydrogen-bond acceptors (Lipinski definition) is 2. The third kappa shape index (κ3) is 4.53. The van der Waals surface area contributed by atoms with Crippen LogP contribution in [-0.4, -0.2) is 20.8 Å². The van der Waals surface area contributed by atoms with Crippen LogP contribution in [-0.2, 0) is 11.2 Å². The second kappa shape index (κ2) is 6.04. The monoisotopic (exact) mass is 264 g/mol. The lowest BCUT2D eigenvalue weighted by atomic mass is 9.99. The molecule has 0 spiro atoms. The third-order valence-corrected chi connectivity index (χ3v) is 4.60. The lowest BCUT2D eigenvalue weighted by molar-refractivity contribution is -0.136. The molecule has 0 fully saturated rings. The molecule has 0 unspecified atom stereocenters.